The van der Waals surface area contributed by atoms with Gasteiger partial charge in [0.1, 0.15) is 53.9 Å². The van der Waals surface area contributed by atoms with Crippen LogP contribution in [0.5, 0.6) is 0 Å². The Labute approximate surface area is 537 Å². The third-order valence-corrected chi connectivity index (χ3v) is 20.3. The Morgan fingerprint density at radius 3 is 1.68 bits per heavy atom. The number of carbonyl (C=O) groups is 11. The number of amides is 11. The summed E-state index contributed by atoms with van der Waals surface area (Å²) in [7, 11) is 8.62. The van der Waals surface area contributed by atoms with Crippen LogP contribution in [-0.4, -0.2) is 226 Å². The molecule has 0 radical (unpaired) electrons. The molecule has 22 nitrogen and oxygen atoms in total. The third-order valence-electron chi connectivity index (χ3n) is 19.8. The smallest absolute Gasteiger partial charge is 0.343 e. The predicted octanol–water partition coefficient (Wildman–Crippen LogP) is 5.47. The van der Waals surface area contributed by atoms with E-state index in [0.29, 0.717) is 6.42 Å². The van der Waals surface area contributed by atoms with Gasteiger partial charge in [-0.15, -0.1) is 11.6 Å². The number of hydrogen-bond donors (Lipinski definition) is 4. The zero-order valence-electron chi connectivity index (χ0n) is 56.6. The van der Waals surface area contributed by atoms with Crippen molar-refractivity contribution in [2.45, 2.75) is 250 Å². The summed E-state index contributed by atoms with van der Waals surface area (Å²) in [6.07, 6.45) is 0.810. The van der Waals surface area contributed by atoms with Crippen LogP contribution in [0.3, 0.4) is 0 Å². The molecule has 0 bridgehead atoms. The molecule has 2 saturated carbocycles. The van der Waals surface area contributed by atoms with Crippen LogP contribution in [0.15, 0.2) is 0 Å². The molecule has 4 rings (SSSR count). The molecule has 0 spiro atoms. The van der Waals surface area contributed by atoms with Gasteiger partial charge in [0.25, 0.3) is 0 Å². The first-order valence-electron chi connectivity index (χ1n) is 32.6. The predicted molar refractivity (Wildman–Crippen MR) is 336 cm³/mol. The van der Waals surface area contributed by atoms with Gasteiger partial charge in [-0.2, -0.15) is 13.2 Å². The number of rotatable bonds is 11. The summed E-state index contributed by atoms with van der Waals surface area (Å²) < 4.78 is 41.7. The van der Waals surface area contributed by atoms with Crippen LogP contribution in [0.2, 0.25) is 0 Å². The highest BCUT2D eigenvalue weighted by molar-refractivity contribution is 6.20. The summed E-state index contributed by atoms with van der Waals surface area (Å²) in [6.45, 7) is 18.2. The van der Waals surface area contributed by atoms with E-state index in [1.54, 1.807) is 13.8 Å². The van der Waals surface area contributed by atoms with Crippen molar-refractivity contribution < 1.29 is 65.9 Å². The number of fused-ring (bicyclic) bond motifs is 1. The maximum atomic E-state index is 15.0. The van der Waals surface area contributed by atoms with Gasteiger partial charge in [0.15, 0.2) is 0 Å². The molecule has 13 atom stereocenters. The lowest BCUT2D eigenvalue weighted by Gasteiger charge is -2.44. The summed E-state index contributed by atoms with van der Waals surface area (Å²) in [5.74, 6) is -9.77. The van der Waals surface area contributed by atoms with E-state index in [2.05, 4.69) is 21.3 Å². The van der Waals surface area contributed by atoms with Crippen molar-refractivity contribution in [1.82, 2.24) is 55.6 Å². The van der Waals surface area contributed by atoms with Crippen molar-refractivity contribution in [1.29, 1.82) is 0 Å². The maximum absolute atomic E-state index is 15.0. The molecule has 2 aliphatic heterocycles. The normalized spacial score (nSPS) is 30.7. The van der Waals surface area contributed by atoms with Crippen LogP contribution in [0.1, 0.15) is 179 Å². The van der Waals surface area contributed by atoms with Crippen LogP contribution in [0, 0.1) is 35.5 Å². The number of alkyl halides is 4. The highest BCUT2D eigenvalue weighted by atomic mass is 35.5. The second kappa shape index (κ2) is 33.2. The van der Waals surface area contributed by atoms with E-state index in [1.165, 1.54) is 99.4 Å². The molecule has 26 heteroatoms. The minimum atomic E-state index is -4.51. The van der Waals surface area contributed by atoms with Crippen molar-refractivity contribution >= 4 is 76.6 Å². The number of nitrogens with one attached hydrogen (secondary N) is 4. The molecule has 512 valence electrons. The summed E-state index contributed by atoms with van der Waals surface area (Å²) in [6, 6.07) is -10.2. The van der Waals surface area contributed by atoms with Crippen LogP contribution in [0.4, 0.5) is 13.2 Å². The average Bonchev–Trinajstić information content (AvgIpc) is 0.843. The molecule has 2 aliphatic carbocycles. The van der Waals surface area contributed by atoms with Crippen molar-refractivity contribution in [3.63, 3.8) is 0 Å². The number of halogens is 4. The summed E-state index contributed by atoms with van der Waals surface area (Å²) in [5, 5.41) is 10.1. The molecule has 4 N–H and O–H groups in total. The first-order chi connectivity index (χ1) is 41.8. The molecule has 0 aromatic heterocycles. The van der Waals surface area contributed by atoms with Crippen LogP contribution in [0.25, 0.3) is 0 Å². The van der Waals surface area contributed by atoms with Crippen molar-refractivity contribution in [2.75, 3.05) is 55.4 Å². The SMILES string of the molecule is CC[C@H](C)[C@@H]1NC(=O)[C@H](C)N(C)C(=O)C[C@@H](C)N(C)C(=O)[C@H](CC(C)C)NC(=O)C(C)(C)N(C)C(=O)[C@H](CC(C)C)NC(=O)[C@H](CCC2CCC(C(F)(F)F)C(Cl)C2)NC(=O)[C@@H](C)N(C)C(=O)[C@H](CC2CCCCC2)N(C)C(=O)[C@@H]2CCN2C(=O)CN(C)C1=O. The van der Waals surface area contributed by atoms with Crippen molar-refractivity contribution in [3.05, 3.63) is 0 Å². The molecule has 11 amide bonds. The van der Waals surface area contributed by atoms with Crippen molar-refractivity contribution in [3.8, 4) is 0 Å². The average molecular weight is 1300 g/mol. The van der Waals surface area contributed by atoms with Crippen molar-refractivity contribution in [2.24, 2.45) is 35.5 Å². The van der Waals surface area contributed by atoms with Gasteiger partial charge in [-0.1, -0.05) is 80.1 Å². The third kappa shape index (κ3) is 19.9. The summed E-state index contributed by atoms with van der Waals surface area (Å²) in [5.41, 5.74) is -1.67. The molecule has 4 fully saturated rings. The molecular weight excluding hydrogens is 1190 g/mol. The minimum absolute atomic E-state index is 0.00851. The highest BCUT2D eigenvalue weighted by Gasteiger charge is 2.48. The molecular formula is C64H107ClF3N11O11. The van der Waals surface area contributed by atoms with E-state index in [4.69, 9.17) is 11.6 Å². The number of nitrogens with zero attached hydrogens (tertiary/aromatic N) is 7. The van der Waals surface area contributed by atoms with E-state index in [-0.39, 0.29) is 94.4 Å². The Hall–Kier alpha value is -5.75. The lowest BCUT2D eigenvalue weighted by atomic mass is 9.78. The van der Waals surface area contributed by atoms with Gasteiger partial charge in [-0.25, -0.2) is 0 Å². The Bertz CT molecular complexity index is 2550. The molecule has 2 heterocycles. The van der Waals surface area contributed by atoms with Crippen LogP contribution < -0.4 is 21.3 Å². The fourth-order valence-corrected chi connectivity index (χ4v) is 13.0. The lowest BCUT2D eigenvalue weighted by molar-refractivity contribution is -0.182. The molecule has 90 heavy (non-hydrogen) atoms. The van der Waals surface area contributed by atoms with E-state index in [1.807, 2.05) is 34.6 Å². The largest absolute Gasteiger partial charge is 0.393 e. The molecule has 0 aromatic carbocycles. The Morgan fingerprint density at radius 2 is 1.14 bits per heavy atom. The highest BCUT2D eigenvalue weighted by Crippen LogP contribution is 2.43. The van der Waals surface area contributed by atoms with Crippen LogP contribution >= 0.6 is 11.6 Å². The van der Waals surface area contributed by atoms with Gasteiger partial charge in [-0.05, 0) is 122 Å². The molecule has 2 saturated heterocycles. The Kier molecular flexibility index (Phi) is 28.3. The molecule has 4 aliphatic rings. The standard InChI is InChI=1S/C64H107ClF3N11O11/c1-18-38(6)53-61(89)73(12)35-52(81)79-29-28-49(79)59(87)77(16)50(34-42-22-20-19-21-23-42)60(88)76(15)41(9)54(82)69-46(27-25-43-24-26-44(45(65)33-43)64(66,67)68)56(84)70-48(31-37(4)5)58(86)78(17)63(10,11)62(90)71-47(30-36(2)3)57(85)74(13)39(7)32-51(80)75(14)40(8)55(83)72-53/h36-50,53H,18-35H2,1-17H3,(H,69,82)(H,70,84)(H,71,90)(H,72,83)/t38-,39+,40-,41+,43?,44?,45?,46-,47-,48-,49-,50-,53-/m0/s1. The zero-order chi connectivity index (χ0) is 68.2. The summed E-state index contributed by atoms with van der Waals surface area (Å²) in [4.78, 5) is 168. The molecule has 0 aromatic rings. The minimum Gasteiger partial charge on any atom is -0.343 e. The van der Waals surface area contributed by atoms with Gasteiger partial charge >= 0.3 is 6.18 Å². The Morgan fingerprint density at radius 1 is 0.589 bits per heavy atom. The second-order valence-corrected chi connectivity index (χ2v) is 28.3. The van der Waals surface area contributed by atoms with Gasteiger partial charge in [-0.3, -0.25) is 52.7 Å². The zero-order valence-corrected chi connectivity index (χ0v) is 57.4. The van der Waals surface area contributed by atoms with E-state index in [9.17, 15) is 61.1 Å². The fraction of sp³-hybridized carbons (Fsp3) is 0.828. The number of carbonyl (C=O) groups excluding carboxylic acids is 11. The van der Waals surface area contributed by atoms with E-state index in [0.717, 1.165) is 37.0 Å². The monoisotopic (exact) mass is 1300 g/mol. The number of likely N-dealkylation sites (N-methyl/N-ethyl adjacent to an activating group) is 6. The molecule has 3 unspecified atom stereocenters. The Balaban J connectivity index is 1.80. The van der Waals surface area contributed by atoms with E-state index < -0.39 is 155 Å². The first kappa shape index (κ1) is 76.7. The quantitative estimate of drug-likeness (QED) is 0.189. The maximum Gasteiger partial charge on any atom is 0.393 e. The second-order valence-electron chi connectivity index (χ2n) is 27.8. The van der Waals surface area contributed by atoms with Crippen LogP contribution in [-0.2, 0) is 52.7 Å². The van der Waals surface area contributed by atoms with Gasteiger partial charge in [0.05, 0.1) is 12.5 Å². The lowest BCUT2D eigenvalue weighted by Crippen LogP contribution is -2.64. The van der Waals surface area contributed by atoms with Gasteiger partial charge in [0.2, 0.25) is 65.0 Å². The number of hydrogen-bond acceptors (Lipinski definition) is 11. The fourth-order valence-electron chi connectivity index (χ4n) is 12.5. The van der Waals surface area contributed by atoms with Gasteiger partial charge in [0, 0.05) is 66.7 Å². The topological polar surface area (TPSA) is 259 Å². The first-order valence-corrected chi connectivity index (χ1v) is 33.0. The summed E-state index contributed by atoms with van der Waals surface area (Å²) >= 11 is 6.36. The van der Waals surface area contributed by atoms with Gasteiger partial charge < -0.3 is 55.6 Å². The van der Waals surface area contributed by atoms with E-state index >= 15 is 4.79 Å².